The fourth-order valence-corrected chi connectivity index (χ4v) is 3.34. The lowest BCUT2D eigenvalue weighted by Gasteiger charge is -2.31. The third kappa shape index (κ3) is 6.01. The lowest BCUT2D eigenvalue weighted by Crippen LogP contribution is -2.43. The first kappa shape index (κ1) is 20.2. The second-order valence-electron chi connectivity index (χ2n) is 7.23. The van der Waals surface area contributed by atoms with Gasteiger partial charge in [0.2, 0.25) is 5.91 Å². The number of hydrogen-bond acceptors (Lipinski definition) is 4. The summed E-state index contributed by atoms with van der Waals surface area (Å²) < 4.78 is 5.42. The second-order valence-corrected chi connectivity index (χ2v) is 7.23. The highest BCUT2D eigenvalue weighted by Crippen LogP contribution is 2.17. The number of Topliss-reactive ketones (excluding diaryl/α,β-unsaturated/α-hetero) is 1. The molecule has 1 fully saturated rings. The van der Waals surface area contributed by atoms with Crippen LogP contribution in [0.4, 0.5) is 0 Å². The van der Waals surface area contributed by atoms with E-state index in [9.17, 15) is 9.59 Å². The van der Waals surface area contributed by atoms with Gasteiger partial charge in [0.1, 0.15) is 0 Å². The molecule has 0 bridgehead atoms. The van der Waals surface area contributed by atoms with Crippen molar-refractivity contribution >= 4 is 11.7 Å². The van der Waals surface area contributed by atoms with E-state index in [-0.39, 0.29) is 30.6 Å². The molecule has 1 aliphatic rings. The highest BCUT2D eigenvalue weighted by molar-refractivity contribution is 5.97. The molecule has 0 aliphatic carbocycles. The smallest absolute Gasteiger partial charge is 0.220 e. The van der Waals surface area contributed by atoms with Gasteiger partial charge in [-0.15, -0.1) is 0 Å². The van der Waals surface area contributed by atoms with Gasteiger partial charge in [-0.3, -0.25) is 14.5 Å². The van der Waals surface area contributed by atoms with Crippen molar-refractivity contribution in [1.82, 2.24) is 10.2 Å². The molecule has 1 saturated heterocycles. The standard InChI is InChI=1S/C23H28N2O3/c1-18-7-9-19(10-8-18)21(17-25-13-15-28-16-14-25)24-23(27)12-11-22(26)20-5-3-2-4-6-20/h2-10,21H,11-17H2,1H3,(H,24,27)/t21-/m0/s1. The first-order valence-corrected chi connectivity index (χ1v) is 9.86. The van der Waals surface area contributed by atoms with Crippen LogP contribution in [0.1, 0.15) is 40.4 Å². The number of carbonyl (C=O) groups excluding carboxylic acids is 2. The number of benzene rings is 2. The molecule has 0 aromatic heterocycles. The van der Waals surface area contributed by atoms with Gasteiger partial charge in [0, 0.05) is 38.0 Å². The van der Waals surface area contributed by atoms with Gasteiger partial charge >= 0.3 is 0 Å². The number of ketones is 1. The average molecular weight is 380 g/mol. The lowest BCUT2D eigenvalue weighted by molar-refractivity contribution is -0.122. The van der Waals surface area contributed by atoms with Gasteiger partial charge in [-0.2, -0.15) is 0 Å². The van der Waals surface area contributed by atoms with E-state index in [0.717, 1.165) is 38.4 Å². The lowest BCUT2D eigenvalue weighted by atomic mass is 10.0. The number of amides is 1. The van der Waals surface area contributed by atoms with Crippen LogP contribution in [0.3, 0.4) is 0 Å². The van der Waals surface area contributed by atoms with Crippen molar-refractivity contribution < 1.29 is 14.3 Å². The van der Waals surface area contributed by atoms with Crippen molar-refractivity contribution in [2.75, 3.05) is 32.8 Å². The van der Waals surface area contributed by atoms with Gasteiger partial charge in [0.15, 0.2) is 5.78 Å². The third-order valence-corrected chi connectivity index (χ3v) is 5.03. The van der Waals surface area contributed by atoms with Crippen LogP contribution in [-0.4, -0.2) is 49.4 Å². The van der Waals surface area contributed by atoms with E-state index in [1.807, 2.05) is 18.2 Å². The molecule has 1 heterocycles. The predicted octanol–water partition coefficient (Wildman–Crippen LogP) is 3.15. The maximum atomic E-state index is 12.6. The Hall–Kier alpha value is -2.50. The van der Waals surface area contributed by atoms with E-state index in [4.69, 9.17) is 4.74 Å². The molecule has 0 saturated carbocycles. The quantitative estimate of drug-likeness (QED) is 0.715. The van der Waals surface area contributed by atoms with E-state index in [1.165, 1.54) is 5.56 Å². The number of nitrogens with one attached hydrogen (secondary N) is 1. The molecule has 2 aromatic rings. The molecule has 148 valence electrons. The van der Waals surface area contributed by atoms with Crippen LogP contribution in [0.2, 0.25) is 0 Å². The molecule has 1 amide bonds. The molecule has 1 N–H and O–H groups in total. The van der Waals surface area contributed by atoms with E-state index < -0.39 is 0 Å². The van der Waals surface area contributed by atoms with Crippen LogP contribution in [0.15, 0.2) is 54.6 Å². The van der Waals surface area contributed by atoms with E-state index >= 15 is 0 Å². The Morgan fingerprint density at radius 3 is 2.36 bits per heavy atom. The summed E-state index contributed by atoms with van der Waals surface area (Å²) in [6.45, 7) is 5.97. The van der Waals surface area contributed by atoms with Crippen molar-refractivity contribution in [1.29, 1.82) is 0 Å². The first-order chi connectivity index (χ1) is 13.6. The first-order valence-electron chi connectivity index (χ1n) is 9.86. The topological polar surface area (TPSA) is 58.6 Å². The Bertz CT molecular complexity index is 768. The number of rotatable bonds is 8. The van der Waals surface area contributed by atoms with Crippen LogP contribution in [-0.2, 0) is 9.53 Å². The number of hydrogen-bond donors (Lipinski definition) is 1. The Morgan fingerprint density at radius 2 is 1.68 bits per heavy atom. The predicted molar refractivity (Wildman–Crippen MR) is 109 cm³/mol. The summed E-state index contributed by atoms with van der Waals surface area (Å²) in [6.07, 6.45) is 0.410. The van der Waals surface area contributed by atoms with Gasteiger partial charge in [-0.25, -0.2) is 0 Å². The van der Waals surface area contributed by atoms with E-state index in [0.29, 0.717) is 5.56 Å². The minimum atomic E-state index is -0.0990. The van der Waals surface area contributed by atoms with Crippen molar-refractivity contribution in [3.63, 3.8) is 0 Å². The zero-order chi connectivity index (χ0) is 19.8. The Morgan fingerprint density at radius 1 is 1.00 bits per heavy atom. The molecule has 1 aliphatic heterocycles. The second kappa shape index (κ2) is 10.2. The largest absolute Gasteiger partial charge is 0.379 e. The summed E-state index contributed by atoms with van der Waals surface area (Å²) in [4.78, 5) is 27.1. The number of aryl methyl sites for hydroxylation is 1. The molecular weight excluding hydrogens is 352 g/mol. The number of nitrogens with zero attached hydrogens (tertiary/aromatic N) is 1. The van der Waals surface area contributed by atoms with Gasteiger partial charge in [-0.05, 0) is 12.5 Å². The zero-order valence-corrected chi connectivity index (χ0v) is 16.4. The molecular formula is C23H28N2O3. The van der Waals surface area contributed by atoms with Crippen LogP contribution >= 0.6 is 0 Å². The molecule has 2 aromatic carbocycles. The number of carbonyl (C=O) groups is 2. The van der Waals surface area contributed by atoms with Crippen LogP contribution in [0, 0.1) is 6.92 Å². The average Bonchev–Trinajstić information content (AvgIpc) is 2.73. The monoisotopic (exact) mass is 380 g/mol. The van der Waals surface area contributed by atoms with Crippen LogP contribution < -0.4 is 5.32 Å². The van der Waals surface area contributed by atoms with Crippen molar-refractivity contribution in [2.45, 2.75) is 25.8 Å². The third-order valence-electron chi connectivity index (χ3n) is 5.03. The van der Waals surface area contributed by atoms with Crippen LogP contribution in [0.5, 0.6) is 0 Å². The van der Waals surface area contributed by atoms with Crippen LogP contribution in [0.25, 0.3) is 0 Å². The fourth-order valence-electron chi connectivity index (χ4n) is 3.34. The molecule has 28 heavy (non-hydrogen) atoms. The van der Waals surface area contributed by atoms with E-state index in [2.05, 4.69) is 41.4 Å². The SMILES string of the molecule is Cc1ccc([C@H](CN2CCOCC2)NC(=O)CCC(=O)c2ccccc2)cc1. The maximum absolute atomic E-state index is 12.6. The summed E-state index contributed by atoms with van der Waals surface area (Å²) in [7, 11) is 0. The maximum Gasteiger partial charge on any atom is 0.220 e. The van der Waals surface area contributed by atoms with Gasteiger partial charge < -0.3 is 10.1 Å². The number of ether oxygens (including phenoxy) is 1. The summed E-state index contributed by atoms with van der Waals surface area (Å²) in [5, 5.41) is 3.13. The van der Waals surface area contributed by atoms with E-state index in [1.54, 1.807) is 12.1 Å². The minimum Gasteiger partial charge on any atom is -0.379 e. The molecule has 5 nitrogen and oxygen atoms in total. The fraction of sp³-hybridized carbons (Fsp3) is 0.391. The Balaban J connectivity index is 1.60. The van der Waals surface area contributed by atoms with Crippen molar-refractivity contribution in [2.24, 2.45) is 0 Å². The van der Waals surface area contributed by atoms with Gasteiger partial charge in [0.05, 0.1) is 19.3 Å². The summed E-state index contributed by atoms with van der Waals surface area (Å²) >= 11 is 0. The molecule has 0 unspecified atom stereocenters. The van der Waals surface area contributed by atoms with Crippen molar-refractivity contribution in [3.8, 4) is 0 Å². The highest BCUT2D eigenvalue weighted by Gasteiger charge is 2.20. The molecule has 0 radical (unpaired) electrons. The Kier molecular flexibility index (Phi) is 7.34. The Labute approximate surface area is 166 Å². The van der Waals surface area contributed by atoms with Gasteiger partial charge in [-0.1, -0.05) is 60.2 Å². The molecule has 5 heteroatoms. The zero-order valence-electron chi connectivity index (χ0n) is 16.4. The summed E-state index contributed by atoms with van der Waals surface area (Å²) in [6, 6.07) is 17.3. The summed E-state index contributed by atoms with van der Waals surface area (Å²) in [5.41, 5.74) is 2.92. The number of morpholine rings is 1. The van der Waals surface area contributed by atoms with Crippen molar-refractivity contribution in [3.05, 3.63) is 71.3 Å². The summed E-state index contributed by atoms with van der Waals surface area (Å²) in [5.74, 6) is -0.0982. The highest BCUT2D eigenvalue weighted by atomic mass is 16.5. The molecule has 0 spiro atoms. The minimum absolute atomic E-state index is 0.00387. The normalized spacial score (nSPS) is 15.8. The molecule has 1 atom stereocenters. The molecule has 3 rings (SSSR count). The van der Waals surface area contributed by atoms with Gasteiger partial charge in [0.25, 0.3) is 0 Å².